The van der Waals surface area contributed by atoms with Crippen molar-refractivity contribution in [3.63, 3.8) is 0 Å². The molecule has 0 spiro atoms. The summed E-state index contributed by atoms with van der Waals surface area (Å²) in [7, 11) is -1.25. The zero-order chi connectivity index (χ0) is 28.7. The zero-order valence-electron chi connectivity index (χ0n) is 22.5. The van der Waals surface area contributed by atoms with Crippen molar-refractivity contribution in [1.82, 2.24) is 9.97 Å². The number of hydrogen-bond acceptors (Lipinski definition) is 9. The lowest BCUT2D eigenvalue weighted by atomic mass is 9.99. The second-order valence-corrected chi connectivity index (χ2v) is 10.5. The third-order valence-corrected chi connectivity index (χ3v) is 7.43. The topological polar surface area (TPSA) is 142 Å². The van der Waals surface area contributed by atoms with Gasteiger partial charge in [0.05, 0.1) is 19.1 Å². The fourth-order valence-electron chi connectivity index (χ4n) is 3.62. The van der Waals surface area contributed by atoms with Crippen LogP contribution in [0.3, 0.4) is 0 Å². The van der Waals surface area contributed by atoms with Crippen molar-refractivity contribution < 1.29 is 31.8 Å². The van der Waals surface area contributed by atoms with E-state index >= 15 is 0 Å². The van der Waals surface area contributed by atoms with Crippen LogP contribution in [0, 0.1) is 0 Å². The Morgan fingerprint density at radius 3 is 2.35 bits per heavy atom. The summed E-state index contributed by atoms with van der Waals surface area (Å²) in [5, 5.41) is 2.68. The van der Waals surface area contributed by atoms with Crippen molar-refractivity contribution in [3.05, 3.63) is 83.8 Å². The minimum atomic E-state index is -3.99. The maximum absolute atomic E-state index is 12.8. The number of carbonyl (C=O) groups excluding carboxylic acids is 1. The predicted molar refractivity (Wildman–Crippen MR) is 149 cm³/mol. The molecule has 0 radical (unpaired) electrons. The maximum atomic E-state index is 12.8. The highest BCUT2D eigenvalue weighted by molar-refractivity contribution is 7.92. The highest BCUT2D eigenvalue weighted by Gasteiger charge is 2.18. The summed E-state index contributed by atoms with van der Waals surface area (Å²) in [5.74, 6) is 1.39. The van der Waals surface area contributed by atoms with Gasteiger partial charge in [-0.15, -0.1) is 0 Å². The lowest BCUT2D eigenvalue weighted by Crippen LogP contribution is -2.15. The van der Waals surface area contributed by atoms with Gasteiger partial charge in [-0.3, -0.25) is 9.52 Å². The van der Waals surface area contributed by atoms with Crippen molar-refractivity contribution in [3.8, 4) is 17.6 Å². The number of methoxy groups -OCH3 is 2. The van der Waals surface area contributed by atoms with Crippen molar-refractivity contribution in [2.75, 3.05) is 24.3 Å². The molecule has 1 unspecified atom stereocenters. The van der Waals surface area contributed by atoms with Gasteiger partial charge in [0.1, 0.15) is 18.1 Å². The minimum absolute atomic E-state index is 0.0261. The van der Waals surface area contributed by atoms with Crippen LogP contribution in [0.15, 0.2) is 76.0 Å². The zero-order valence-corrected chi connectivity index (χ0v) is 23.3. The molecule has 0 saturated carbocycles. The van der Waals surface area contributed by atoms with E-state index in [1.54, 1.807) is 12.1 Å². The molecule has 0 bridgehead atoms. The van der Waals surface area contributed by atoms with Gasteiger partial charge in [-0.1, -0.05) is 26.0 Å². The Morgan fingerprint density at radius 2 is 1.70 bits per heavy atom. The normalized spacial score (nSPS) is 11.9. The molecule has 0 aliphatic heterocycles. The van der Waals surface area contributed by atoms with Gasteiger partial charge in [0, 0.05) is 11.8 Å². The number of nitrogens with zero attached hydrogens (tertiary/aromatic N) is 2. The van der Waals surface area contributed by atoms with Gasteiger partial charge in [-0.2, -0.15) is 9.97 Å². The number of carbonyl (C=O) groups is 1. The molecule has 4 rings (SSSR count). The molecule has 12 heteroatoms. The Kier molecular flexibility index (Phi) is 8.90. The van der Waals surface area contributed by atoms with Gasteiger partial charge in [-0.05, 0) is 66.4 Å². The summed E-state index contributed by atoms with van der Waals surface area (Å²) in [6, 6.07) is 18.0. The molecular weight excluding hydrogens is 536 g/mol. The van der Waals surface area contributed by atoms with Gasteiger partial charge >= 0.3 is 6.01 Å². The van der Waals surface area contributed by atoms with E-state index in [1.165, 1.54) is 50.1 Å². The summed E-state index contributed by atoms with van der Waals surface area (Å²) >= 11 is 0. The van der Waals surface area contributed by atoms with Crippen molar-refractivity contribution in [2.24, 2.45) is 0 Å². The molecule has 11 nitrogen and oxygen atoms in total. The molecule has 2 heterocycles. The second-order valence-electron chi connectivity index (χ2n) is 8.80. The molecule has 2 aromatic heterocycles. The van der Waals surface area contributed by atoms with Crippen LogP contribution in [0.4, 0.5) is 11.5 Å². The highest BCUT2D eigenvalue weighted by Crippen LogP contribution is 2.24. The molecule has 1 atom stereocenters. The number of amides is 1. The van der Waals surface area contributed by atoms with Crippen LogP contribution in [0.5, 0.6) is 17.6 Å². The number of nitrogens with one attached hydrogen (secondary N) is 2. The van der Waals surface area contributed by atoms with E-state index in [4.69, 9.17) is 18.6 Å². The number of anilines is 2. The number of ether oxygens (including phenoxy) is 3. The Hall–Kier alpha value is -4.58. The standard InChI is InChI=1S/C28H30N4O7S/c1-5-18(2)19-6-10-21(11-7-19)38-17-22-12-15-24(39-22)27(33)29-20-8-13-23(14-9-20)40(34,35)32-25-16-26(36-3)31-28(30-25)37-4/h6-16,18H,5,17H2,1-4H3,(H,29,33)(H,30,31,32). The number of furan rings is 1. The van der Waals surface area contributed by atoms with Crippen LogP contribution >= 0.6 is 0 Å². The molecule has 0 aliphatic rings. The number of rotatable bonds is 12. The van der Waals surface area contributed by atoms with E-state index in [2.05, 4.69) is 33.9 Å². The second kappa shape index (κ2) is 12.5. The monoisotopic (exact) mass is 566 g/mol. The average Bonchev–Trinajstić information content (AvgIpc) is 3.45. The fraction of sp³-hybridized carbons (Fsp3) is 0.250. The van der Waals surface area contributed by atoms with Gasteiger partial charge in [0.15, 0.2) is 11.6 Å². The van der Waals surface area contributed by atoms with Crippen LogP contribution in [0.1, 0.15) is 48.1 Å². The van der Waals surface area contributed by atoms with Crippen molar-refractivity contribution >= 4 is 27.4 Å². The summed E-state index contributed by atoms with van der Waals surface area (Å²) in [4.78, 5) is 20.5. The molecule has 210 valence electrons. The summed E-state index contributed by atoms with van der Waals surface area (Å²) in [6.07, 6.45) is 1.06. The third kappa shape index (κ3) is 7.08. The largest absolute Gasteiger partial charge is 0.486 e. The van der Waals surface area contributed by atoms with Gasteiger partial charge in [0.25, 0.3) is 15.9 Å². The Balaban J connectivity index is 1.34. The molecule has 40 heavy (non-hydrogen) atoms. The van der Waals surface area contributed by atoms with Crippen molar-refractivity contribution in [2.45, 2.75) is 37.7 Å². The first kappa shape index (κ1) is 28.4. The molecule has 1 amide bonds. The van der Waals surface area contributed by atoms with Crippen molar-refractivity contribution in [1.29, 1.82) is 0 Å². The highest BCUT2D eigenvalue weighted by atomic mass is 32.2. The molecule has 0 aliphatic carbocycles. The predicted octanol–water partition coefficient (Wildman–Crippen LogP) is 5.23. The molecule has 4 aromatic rings. The van der Waals surface area contributed by atoms with Gasteiger partial charge in [-0.25, -0.2) is 8.42 Å². The Bertz CT molecular complexity index is 1530. The van der Waals surface area contributed by atoms with Gasteiger partial charge < -0.3 is 23.9 Å². The summed E-state index contributed by atoms with van der Waals surface area (Å²) in [5.41, 5.74) is 1.63. The molecule has 2 aromatic carbocycles. The Labute approximate surface area is 232 Å². The number of hydrogen-bond donors (Lipinski definition) is 2. The number of benzene rings is 2. The third-order valence-electron chi connectivity index (χ3n) is 6.06. The van der Waals surface area contributed by atoms with Crippen LogP contribution in [-0.4, -0.2) is 38.5 Å². The van der Waals surface area contributed by atoms with Gasteiger partial charge in [0.2, 0.25) is 5.88 Å². The SMILES string of the molecule is CCC(C)c1ccc(OCc2ccc(C(=O)Nc3ccc(S(=O)(=O)Nc4cc(OC)nc(OC)n4)cc3)o2)cc1. The van der Waals surface area contributed by atoms with Crippen LogP contribution < -0.4 is 24.2 Å². The van der Waals surface area contributed by atoms with E-state index < -0.39 is 15.9 Å². The first-order valence-electron chi connectivity index (χ1n) is 12.4. The summed E-state index contributed by atoms with van der Waals surface area (Å²) in [6.45, 7) is 4.49. The lowest BCUT2D eigenvalue weighted by Gasteiger charge is -2.10. The average molecular weight is 567 g/mol. The Morgan fingerprint density at radius 1 is 0.975 bits per heavy atom. The lowest BCUT2D eigenvalue weighted by molar-refractivity contribution is 0.0992. The quantitative estimate of drug-likeness (QED) is 0.236. The first-order chi connectivity index (χ1) is 19.2. The maximum Gasteiger partial charge on any atom is 0.321 e. The van der Waals surface area contributed by atoms with Crippen LogP contribution in [0.25, 0.3) is 0 Å². The van der Waals surface area contributed by atoms with E-state index in [0.29, 0.717) is 23.1 Å². The molecule has 0 saturated heterocycles. The fourth-order valence-corrected chi connectivity index (χ4v) is 4.61. The smallest absolute Gasteiger partial charge is 0.321 e. The van der Waals surface area contributed by atoms with E-state index in [-0.39, 0.29) is 35.0 Å². The van der Waals surface area contributed by atoms with Crippen LogP contribution in [0.2, 0.25) is 0 Å². The number of aromatic nitrogens is 2. The molecule has 2 N–H and O–H groups in total. The molecular formula is C28H30N4O7S. The summed E-state index contributed by atoms with van der Waals surface area (Å²) < 4.78 is 49.4. The minimum Gasteiger partial charge on any atom is -0.486 e. The molecule has 0 fully saturated rings. The first-order valence-corrected chi connectivity index (χ1v) is 13.9. The van der Waals surface area contributed by atoms with E-state index in [0.717, 1.165) is 6.42 Å². The number of sulfonamides is 1. The van der Waals surface area contributed by atoms with E-state index in [1.807, 2.05) is 24.3 Å². The van der Waals surface area contributed by atoms with Crippen LogP contribution in [-0.2, 0) is 16.6 Å². The van der Waals surface area contributed by atoms with E-state index in [9.17, 15) is 13.2 Å².